The van der Waals surface area contributed by atoms with Crippen molar-refractivity contribution >= 4 is 56.9 Å². The van der Waals surface area contributed by atoms with Crippen LogP contribution in [0.1, 0.15) is 88.2 Å². The number of hydrogen-bond acceptors (Lipinski definition) is 11. The maximum absolute atomic E-state index is 13.6. The van der Waals surface area contributed by atoms with E-state index in [0.29, 0.717) is 70.6 Å². The summed E-state index contributed by atoms with van der Waals surface area (Å²) in [6.45, 7) is 7.04. The number of nitriles is 1. The predicted octanol–water partition coefficient (Wildman–Crippen LogP) is 4.78. The molecule has 3 fully saturated rings. The van der Waals surface area contributed by atoms with Gasteiger partial charge >= 0.3 is 0 Å². The number of benzene rings is 3. The largest absolute Gasteiger partial charge is 0.487 e. The van der Waals surface area contributed by atoms with Gasteiger partial charge in [0.1, 0.15) is 24.5 Å². The number of nitrogens with one attached hydrogen (secondary N) is 2. The Bertz CT molecular complexity index is 2580. The van der Waals surface area contributed by atoms with Gasteiger partial charge in [-0.2, -0.15) is 5.26 Å². The van der Waals surface area contributed by atoms with Crippen LogP contribution in [0.5, 0.6) is 5.75 Å². The van der Waals surface area contributed by atoms with Gasteiger partial charge in [0.2, 0.25) is 27.8 Å². The minimum Gasteiger partial charge on any atom is -0.487 e. The molecule has 1 atom stereocenters. The number of aromatic nitrogens is 2. The van der Waals surface area contributed by atoms with Crippen molar-refractivity contribution in [2.45, 2.75) is 64.1 Å². The molecule has 4 aliphatic heterocycles. The average Bonchev–Trinajstić information content (AvgIpc) is 3.53. The Morgan fingerprint density at radius 1 is 1.05 bits per heavy atom. The lowest BCUT2D eigenvalue weighted by atomic mass is 9.71. The van der Waals surface area contributed by atoms with Crippen molar-refractivity contribution in [3.8, 4) is 11.8 Å². The first-order valence-electron chi connectivity index (χ1n) is 19.6. The molecule has 3 aromatic carbocycles. The fourth-order valence-corrected chi connectivity index (χ4v) is 9.44. The SMILES string of the molecule is CC(C)(c1ccc(OCc2ccnc(NS(C)(=O)=O)n2)cc1)c1cc(Cl)c(N2CCC3(CC2)CN(C(=O)c2ccc4c(c2)CN(C2CCC(=O)NC2=O)C4=O)C3)c(C#N)c1. The Labute approximate surface area is 352 Å². The molecule has 0 bridgehead atoms. The third-order valence-electron chi connectivity index (χ3n) is 12.1. The maximum atomic E-state index is 13.6. The summed E-state index contributed by atoms with van der Waals surface area (Å²) in [4.78, 5) is 64.4. The Balaban J connectivity index is 0.872. The molecule has 3 saturated heterocycles. The van der Waals surface area contributed by atoms with E-state index in [0.717, 1.165) is 30.2 Å². The highest BCUT2D eigenvalue weighted by molar-refractivity contribution is 7.92. The second-order valence-corrected chi connectivity index (χ2v) is 18.7. The molecule has 2 N–H and O–H groups in total. The smallest absolute Gasteiger partial charge is 0.255 e. The van der Waals surface area contributed by atoms with E-state index in [-0.39, 0.29) is 55.1 Å². The first-order chi connectivity index (χ1) is 28.5. The minimum absolute atomic E-state index is 0.0293. The molecule has 4 aliphatic rings. The van der Waals surface area contributed by atoms with Gasteiger partial charge in [0.05, 0.1) is 28.2 Å². The molecule has 17 heteroatoms. The van der Waals surface area contributed by atoms with Gasteiger partial charge in [0.25, 0.3) is 11.8 Å². The number of imide groups is 1. The minimum atomic E-state index is -3.51. The number of ether oxygens (including phenoxy) is 1. The normalized spacial score (nSPS) is 18.8. The van der Waals surface area contributed by atoms with Gasteiger partial charge in [0.15, 0.2) is 0 Å². The van der Waals surface area contributed by atoms with Crippen LogP contribution in [0.25, 0.3) is 0 Å². The quantitative estimate of drug-likeness (QED) is 0.209. The Morgan fingerprint density at radius 3 is 2.47 bits per heavy atom. The second kappa shape index (κ2) is 15.5. The lowest BCUT2D eigenvalue weighted by Crippen LogP contribution is -2.62. The van der Waals surface area contributed by atoms with E-state index in [1.165, 1.54) is 11.1 Å². The molecule has 310 valence electrons. The van der Waals surface area contributed by atoms with Crippen molar-refractivity contribution in [1.82, 2.24) is 25.1 Å². The highest BCUT2D eigenvalue weighted by Gasteiger charge is 2.47. The summed E-state index contributed by atoms with van der Waals surface area (Å²) in [6.07, 6.45) is 4.59. The molecule has 8 rings (SSSR count). The number of fused-ring (bicyclic) bond motifs is 1. The number of hydrogen-bond donors (Lipinski definition) is 2. The summed E-state index contributed by atoms with van der Waals surface area (Å²) < 4.78 is 31.2. The second-order valence-electron chi connectivity index (χ2n) is 16.6. The van der Waals surface area contributed by atoms with E-state index >= 15 is 0 Å². The lowest BCUT2D eigenvalue weighted by molar-refractivity contribution is -0.136. The molecular weight excluding hydrogens is 808 g/mol. The highest BCUT2D eigenvalue weighted by atomic mass is 35.5. The Kier molecular flexibility index (Phi) is 10.5. The van der Waals surface area contributed by atoms with Crippen LogP contribution in [0, 0.1) is 16.7 Å². The van der Waals surface area contributed by atoms with Crippen molar-refractivity contribution in [1.29, 1.82) is 5.26 Å². The summed E-state index contributed by atoms with van der Waals surface area (Å²) in [5.41, 5.74) is 4.69. The predicted molar refractivity (Wildman–Crippen MR) is 222 cm³/mol. The molecule has 0 radical (unpaired) electrons. The molecule has 0 saturated carbocycles. The molecule has 4 aromatic rings. The number of likely N-dealkylation sites (tertiary alicyclic amines) is 1. The number of sulfonamides is 1. The molecule has 4 amide bonds. The zero-order valence-corrected chi connectivity index (χ0v) is 34.9. The van der Waals surface area contributed by atoms with Crippen molar-refractivity contribution < 1.29 is 32.3 Å². The lowest BCUT2D eigenvalue weighted by Gasteiger charge is -2.54. The summed E-state index contributed by atoms with van der Waals surface area (Å²) in [5.74, 6) is -0.619. The highest BCUT2D eigenvalue weighted by Crippen LogP contribution is 2.45. The van der Waals surface area contributed by atoms with Crippen LogP contribution < -0.4 is 19.7 Å². The van der Waals surface area contributed by atoms with Crippen LogP contribution in [0.2, 0.25) is 5.02 Å². The van der Waals surface area contributed by atoms with Crippen LogP contribution in [-0.2, 0) is 38.2 Å². The standard InChI is InChI=1S/C43H43ClN8O7S/c1-42(2,29-5-7-32(8-6-29)59-23-31-12-15-46-41(47-31)49-60(3,57)58)30-19-27(21-45)37(34(44)20-30)50-16-13-43(14-17-50)24-51(25-43)39(55)26-4-9-33-28(18-26)22-52(40(33)56)35-10-11-36(53)48-38(35)54/h4-9,12,15,18-20,35H,10-11,13-14,16-17,22-25H2,1-3H3,(H,46,47,49)(H,48,53,54). The van der Waals surface area contributed by atoms with Crippen LogP contribution in [0.3, 0.4) is 0 Å². The van der Waals surface area contributed by atoms with Gasteiger partial charge in [0, 0.05) is 67.3 Å². The van der Waals surface area contributed by atoms with Gasteiger partial charge in [-0.05, 0) is 84.5 Å². The summed E-state index contributed by atoms with van der Waals surface area (Å²) in [7, 11) is -3.51. The zero-order chi connectivity index (χ0) is 42.6. The van der Waals surface area contributed by atoms with Gasteiger partial charge in [-0.3, -0.25) is 29.2 Å². The molecule has 5 heterocycles. The molecule has 1 unspecified atom stereocenters. The van der Waals surface area contributed by atoms with Gasteiger partial charge < -0.3 is 19.4 Å². The monoisotopic (exact) mass is 850 g/mol. The number of halogens is 1. The molecule has 0 aliphatic carbocycles. The fraction of sp³-hybridized carbons (Fsp3) is 0.372. The molecule has 15 nitrogen and oxygen atoms in total. The zero-order valence-electron chi connectivity index (χ0n) is 33.3. The molecule has 60 heavy (non-hydrogen) atoms. The van der Waals surface area contributed by atoms with Gasteiger partial charge in [-0.25, -0.2) is 18.4 Å². The van der Waals surface area contributed by atoms with Crippen molar-refractivity contribution in [3.05, 3.63) is 111 Å². The first kappa shape index (κ1) is 40.7. The fourth-order valence-electron chi connectivity index (χ4n) is 8.67. The van der Waals surface area contributed by atoms with Crippen LogP contribution in [-0.4, -0.2) is 90.3 Å². The third kappa shape index (κ3) is 7.99. The van der Waals surface area contributed by atoms with E-state index in [9.17, 15) is 32.9 Å². The molecule has 1 aromatic heterocycles. The van der Waals surface area contributed by atoms with Crippen molar-refractivity contribution in [2.75, 3.05) is 42.1 Å². The number of anilines is 2. The van der Waals surface area contributed by atoms with E-state index in [1.807, 2.05) is 41.3 Å². The topological polar surface area (TPSA) is 195 Å². The molecule has 1 spiro atoms. The number of carbonyl (C=O) groups is 4. The average molecular weight is 851 g/mol. The molecular formula is C43H43ClN8O7S. The van der Waals surface area contributed by atoms with Crippen LogP contribution in [0.15, 0.2) is 66.9 Å². The van der Waals surface area contributed by atoms with E-state index < -0.39 is 27.4 Å². The summed E-state index contributed by atoms with van der Waals surface area (Å²) >= 11 is 7.01. The Hall–Kier alpha value is -6.05. The van der Waals surface area contributed by atoms with E-state index in [2.05, 4.69) is 44.8 Å². The summed E-state index contributed by atoms with van der Waals surface area (Å²) in [6, 6.07) is 19.8. The number of nitrogens with zero attached hydrogens (tertiary/aromatic N) is 6. The summed E-state index contributed by atoms with van der Waals surface area (Å²) in [5, 5.41) is 13.2. The van der Waals surface area contributed by atoms with Crippen molar-refractivity contribution in [3.63, 3.8) is 0 Å². The first-order valence-corrected chi connectivity index (χ1v) is 21.9. The van der Waals surface area contributed by atoms with Crippen LogP contribution >= 0.6 is 11.6 Å². The third-order valence-corrected chi connectivity index (χ3v) is 13.0. The number of rotatable bonds is 10. The maximum Gasteiger partial charge on any atom is 0.255 e. The van der Waals surface area contributed by atoms with E-state index in [4.69, 9.17) is 16.3 Å². The van der Waals surface area contributed by atoms with Gasteiger partial charge in [-0.1, -0.05) is 37.6 Å². The number of carbonyl (C=O) groups excluding carboxylic acids is 4. The van der Waals surface area contributed by atoms with Gasteiger partial charge in [-0.15, -0.1) is 0 Å². The van der Waals surface area contributed by atoms with Crippen LogP contribution in [0.4, 0.5) is 11.6 Å². The van der Waals surface area contributed by atoms with Crippen molar-refractivity contribution in [2.24, 2.45) is 5.41 Å². The number of piperidine rings is 2. The number of amides is 4. The van der Waals surface area contributed by atoms with E-state index in [1.54, 1.807) is 24.3 Å². The Morgan fingerprint density at radius 2 is 1.78 bits per heavy atom.